The van der Waals surface area contributed by atoms with E-state index in [1.165, 1.54) is 22.3 Å². The van der Waals surface area contributed by atoms with Crippen molar-refractivity contribution in [2.75, 3.05) is 6.54 Å². The first-order chi connectivity index (χ1) is 9.61. The van der Waals surface area contributed by atoms with Gasteiger partial charge >= 0.3 is 0 Å². The molecule has 2 rings (SSSR count). The van der Waals surface area contributed by atoms with Crippen molar-refractivity contribution < 1.29 is 0 Å². The predicted molar refractivity (Wildman–Crippen MR) is 88.0 cm³/mol. The van der Waals surface area contributed by atoms with Gasteiger partial charge in [0.1, 0.15) is 0 Å². The second-order valence-corrected chi connectivity index (χ2v) is 6.10. The maximum Gasteiger partial charge on any atom is 0.0594 e. The topological polar surface area (TPSA) is 24.9 Å². The van der Waals surface area contributed by atoms with Gasteiger partial charge in [0.15, 0.2) is 0 Å². The van der Waals surface area contributed by atoms with E-state index in [1.807, 2.05) is 12.4 Å². The van der Waals surface area contributed by atoms with E-state index in [1.54, 1.807) is 0 Å². The van der Waals surface area contributed by atoms with E-state index in [-0.39, 0.29) is 6.04 Å². The summed E-state index contributed by atoms with van der Waals surface area (Å²) in [6.07, 6.45) is 4.97. The summed E-state index contributed by atoms with van der Waals surface area (Å²) in [6, 6.07) is 8.87. The molecule has 0 aliphatic carbocycles. The summed E-state index contributed by atoms with van der Waals surface area (Å²) < 4.78 is 1.12. The van der Waals surface area contributed by atoms with Gasteiger partial charge in [0, 0.05) is 16.9 Å². The van der Waals surface area contributed by atoms with Gasteiger partial charge in [-0.2, -0.15) is 0 Å². The first kappa shape index (κ1) is 15.2. The van der Waals surface area contributed by atoms with E-state index in [0.29, 0.717) is 0 Å². The van der Waals surface area contributed by atoms with Crippen LogP contribution in [-0.2, 0) is 0 Å². The molecule has 1 aromatic carbocycles. The fourth-order valence-electron chi connectivity index (χ4n) is 2.40. The van der Waals surface area contributed by atoms with Gasteiger partial charge in [-0.15, -0.1) is 0 Å². The normalized spacial score (nSPS) is 12.4. The van der Waals surface area contributed by atoms with Crippen LogP contribution >= 0.6 is 15.9 Å². The monoisotopic (exact) mass is 332 g/mol. The van der Waals surface area contributed by atoms with Crippen molar-refractivity contribution in [2.45, 2.75) is 33.2 Å². The standard InChI is InChI=1S/C17H21BrN2/c1-4-7-20-17(14-8-12(2)10-19-11-14)16-6-5-15(18)9-13(16)3/h5-6,8-11,17,20H,4,7H2,1-3H3. The van der Waals surface area contributed by atoms with Gasteiger partial charge in [-0.3, -0.25) is 4.98 Å². The summed E-state index contributed by atoms with van der Waals surface area (Å²) in [7, 11) is 0. The zero-order valence-corrected chi connectivity index (χ0v) is 13.9. The van der Waals surface area contributed by atoms with Crippen LogP contribution in [0, 0.1) is 13.8 Å². The number of benzene rings is 1. The SMILES string of the molecule is CCCNC(c1cncc(C)c1)c1ccc(Br)cc1C. The molecule has 0 bridgehead atoms. The lowest BCUT2D eigenvalue weighted by atomic mass is 9.95. The quantitative estimate of drug-likeness (QED) is 0.868. The molecule has 0 spiro atoms. The first-order valence-corrected chi connectivity index (χ1v) is 7.82. The van der Waals surface area contributed by atoms with Crippen molar-refractivity contribution in [3.8, 4) is 0 Å². The van der Waals surface area contributed by atoms with Crippen molar-refractivity contribution in [2.24, 2.45) is 0 Å². The second kappa shape index (κ2) is 7.00. The minimum absolute atomic E-state index is 0.204. The van der Waals surface area contributed by atoms with E-state index < -0.39 is 0 Å². The van der Waals surface area contributed by atoms with Crippen LogP contribution in [0.2, 0.25) is 0 Å². The zero-order chi connectivity index (χ0) is 14.5. The van der Waals surface area contributed by atoms with Crippen molar-refractivity contribution in [3.05, 3.63) is 63.4 Å². The molecule has 1 unspecified atom stereocenters. The lowest BCUT2D eigenvalue weighted by Gasteiger charge is -2.21. The number of nitrogens with zero attached hydrogens (tertiary/aromatic N) is 1. The van der Waals surface area contributed by atoms with Gasteiger partial charge in [0.05, 0.1) is 6.04 Å². The Hall–Kier alpha value is -1.19. The number of nitrogens with one attached hydrogen (secondary N) is 1. The molecule has 0 radical (unpaired) electrons. The van der Waals surface area contributed by atoms with Crippen LogP contribution in [-0.4, -0.2) is 11.5 Å². The maximum atomic E-state index is 4.34. The van der Waals surface area contributed by atoms with Crippen molar-refractivity contribution >= 4 is 15.9 Å². The molecule has 106 valence electrons. The Kier molecular flexibility index (Phi) is 5.32. The van der Waals surface area contributed by atoms with Crippen LogP contribution in [0.3, 0.4) is 0 Å². The summed E-state index contributed by atoms with van der Waals surface area (Å²) in [4.78, 5) is 4.34. The summed E-state index contributed by atoms with van der Waals surface area (Å²) in [5.41, 5.74) is 5.02. The molecule has 0 fully saturated rings. The largest absolute Gasteiger partial charge is 0.306 e. The average molecular weight is 333 g/mol. The number of halogens is 1. The van der Waals surface area contributed by atoms with Gasteiger partial charge in [-0.05, 0) is 61.2 Å². The average Bonchev–Trinajstić information content (AvgIpc) is 2.41. The molecule has 0 saturated carbocycles. The molecular formula is C17H21BrN2. The summed E-state index contributed by atoms with van der Waals surface area (Å²) >= 11 is 3.53. The van der Waals surface area contributed by atoms with Crippen LogP contribution < -0.4 is 5.32 Å². The van der Waals surface area contributed by atoms with Gasteiger partial charge in [0.2, 0.25) is 0 Å². The summed E-state index contributed by atoms with van der Waals surface area (Å²) in [5.74, 6) is 0. The molecule has 20 heavy (non-hydrogen) atoms. The van der Waals surface area contributed by atoms with Gasteiger partial charge in [-0.25, -0.2) is 0 Å². The molecule has 2 nitrogen and oxygen atoms in total. The maximum absolute atomic E-state index is 4.34. The number of aromatic nitrogens is 1. The molecular weight excluding hydrogens is 312 g/mol. The molecule has 3 heteroatoms. The molecule has 1 heterocycles. The predicted octanol–water partition coefficient (Wildman–Crippen LogP) is 4.55. The highest BCUT2D eigenvalue weighted by Gasteiger charge is 2.16. The van der Waals surface area contributed by atoms with Crippen LogP contribution in [0.25, 0.3) is 0 Å². The lowest BCUT2D eigenvalue weighted by Crippen LogP contribution is -2.24. The lowest BCUT2D eigenvalue weighted by molar-refractivity contribution is 0.594. The van der Waals surface area contributed by atoms with Crippen LogP contribution in [0.1, 0.15) is 41.6 Å². The summed E-state index contributed by atoms with van der Waals surface area (Å²) in [5, 5.41) is 3.63. The zero-order valence-electron chi connectivity index (χ0n) is 12.3. The third-order valence-corrected chi connectivity index (χ3v) is 3.86. The molecule has 0 aliphatic heterocycles. The Bertz CT molecular complexity index is 581. The van der Waals surface area contributed by atoms with Crippen LogP contribution in [0.4, 0.5) is 0 Å². The van der Waals surface area contributed by atoms with Crippen LogP contribution in [0.15, 0.2) is 41.1 Å². The Morgan fingerprint density at radius 2 is 2.00 bits per heavy atom. The Balaban J connectivity index is 2.41. The first-order valence-electron chi connectivity index (χ1n) is 7.02. The fourth-order valence-corrected chi connectivity index (χ4v) is 2.87. The number of rotatable bonds is 5. The van der Waals surface area contributed by atoms with E-state index in [4.69, 9.17) is 0 Å². The van der Waals surface area contributed by atoms with Gasteiger partial charge < -0.3 is 5.32 Å². The van der Waals surface area contributed by atoms with Crippen molar-refractivity contribution in [1.82, 2.24) is 10.3 Å². The van der Waals surface area contributed by atoms with Crippen LogP contribution in [0.5, 0.6) is 0 Å². The van der Waals surface area contributed by atoms with E-state index in [2.05, 4.69) is 71.3 Å². The molecule has 1 atom stereocenters. The molecule has 0 amide bonds. The van der Waals surface area contributed by atoms with E-state index in [9.17, 15) is 0 Å². The van der Waals surface area contributed by atoms with Gasteiger partial charge in [-0.1, -0.05) is 35.0 Å². The minimum Gasteiger partial charge on any atom is -0.306 e. The third kappa shape index (κ3) is 3.68. The fraction of sp³-hybridized carbons (Fsp3) is 0.353. The minimum atomic E-state index is 0.204. The van der Waals surface area contributed by atoms with Crippen molar-refractivity contribution in [3.63, 3.8) is 0 Å². The second-order valence-electron chi connectivity index (χ2n) is 5.18. The Labute approximate surface area is 129 Å². The van der Waals surface area contributed by atoms with Crippen molar-refractivity contribution in [1.29, 1.82) is 0 Å². The van der Waals surface area contributed by atoms with E-state index >= 15 is 0 Å². The van der Waals surface area contributed by atoms with E-state index in [0.717, 1.165) is 17.4 Å². The number of pyridine rings is 1. The highest BCUT2D eigenvalue weighted by Crippen LogP contribution is 2.27. The Morgan fingerprint density at radius 3 is 2.65 bits per heavy atom. The molecule has 2 aromatic rings. The summed E-state index contributed by atoms with van der Waals surface area (Å²) in [6.45, 7) is 7.42. The number of aryl methyl sites for hydroxylation is 2. The smallest absolute Gasteiger partial charge is 0.0594 e. The number of hydrogen-bond acceptors (Lipinski definition) is 2. The molecule has 0 aliphatic rings. The molecule has 1 N–H and O–H groups in total. The Morgan fingerprint density at radius 1 is 1.20 bits per heavy atom. The molecule has 1 aromatic heterocycles. The highest BCUT2D eigenvalue weighted by molar-refractivity contribution is 9.10. The third-order valence-electron chi connectivity index (χ3n) is 3.37. The molecule has 0 saturated heterocycles. The number of hydrogen-bond donors (Lipinski definition) is 1. The highest BCUT2D eigenvalue weighted by atomic mass is 79.9. The van der Waals surface area contributed by atoms with Gasteiger partial charge in [0.25, 0.3) is 0 Å².